The smallest absolute Gasteiger partial charge is 0.407 e. The molecule has 6 heteroatoms. The van der Waals surface area contributed by atoms with Crippen LogP contribution < -0.4 is 5.32 Å². The van der Waals surface area contributed by atoms with E-state index in [9.17, 15) is 4.79 Å². The minimum atomic E-state index is -0.455. The first-order valence-electron chi connectivity index (χ1n) is 5.44. The Morgan fingerprint density at radius 1 is 1.59 bits per heavy atom. The average Bonchev–Trinajstić information content (AvgIpc) is 2.62. The number of imidazole rings is 1. The molecule has 17 heavy (non-hydrogen) atoms. The van der Waals surface area contributed by atoms with Gasteiger partial charge in [-0.15, -0.1) is 0 Å². The quantitative estimate of drug-likeness (QED) is 0.840. The summed E-state index contributed by atoms with van der Waals surface area (Å²) in [6.45, 7) is 6.74. The van der Waals surface area contributed by atoms with Crippen LogP contribution in [0.2, 0.25) is 0 Å². The summed E-state index contributed by atoms with van der Waals surface area (Å²) < 4.78 is 7.12. The van der Waals surface area contributed by atoms with Crippen molar-refractivity contribution in [1.29, 1.82) is 0 Å². The predicted octanol–water partition coefficient (Wildman–Crippen LogP) is 2.13. The molecule has 0 saturated carbocycles. The zero-order chi connectivity index (χ0) is 12.9. The summed E-state index contributed by atoms with van der Waals surface area (Å²) >= 11 is 1.58. The lowest BCUT2D eigenvalue weighted by Gasteiger charge is -2.19. The SMILES string of the molecule is CSc1nccn1CCNC(=O)OC(C)(C)C. The highest BCUT2D eigenvalue weighted by atomic mass is 32.2. The van der Waals surface area contributed by atoms with Crippen LogP contribution in [0.3, 0.4) is 0 Å². The first-order chi connectivity index (χ1) is 7.92. The summed E-state index contributed by atoms with van der Waals surface area (Å²) in [6.07, 6.45) is 5.23. The minimum absolute atomic E-state index is 0.386. The monoisotopic (exact) mass is 257 g/mol. The molecule has 0 saturated heterocycles. The molecule has 1 aromatic rings. The number of aromatic nitrogens is 2. The topological polar surface area (TPSA) is 56.2 Å². The van der Waals surface area contributed by atoms with E-state index in [1.54, 1.807) is 18.0 Å². The third kappa shape index (κ3) is 5.12. The summed E-state index contributed by atoms with van der Waals surface area (Å²) in [5, 5.41) is 3.65. The molecule has 0 fully saturated rings. The van der Waals surface area contributed by atoms with Crippen molar-refractivity contribution >= 4 is 17.9 Å². The van der Waals surface area contributed by atoms with Crippen molar-refractivity contribution in [2.45, 2.75) is 38.1 Å². The number of amides is 1. The molecule has 0 radical (unpaired) electrons. The number of hydrogen-bond donors (Lipinski definition) is 1. The van der Waals surface area contributed by atoms with Crippen molar-refractivity contribution in [3.63, 3.8) is 0 Å². The number of alkyl carbamates (subject to hydrolysis) is 1. The number of thioether (sulfide) groups is 1. The minimum Gasteiger partial charge on any atom is -0.444 e. The Balaban J connectivity index is 2.31. The fourth-order valence-electron chi connectivity index (χ4n) is 1.25. The Hall–Kier alpha value is -1.17. The van der Waals surface area contributed by atoms with Gasteiger partial charge in [0.2, 0.25) is 0 Å². The van der Waals surface area contributed by atoms with E-state index in [1.165, 1.54) is 0 Å². The Morgan fingerprint density at radius 3 is 2.88 bits per heavy atom. The fraction of sp³-hybridized carbons (Fsp3) is 0.636. The van der Waals surface area contributed by atoms with Crippen LogP contribution in [0.4, 0.5) is 4.79 Å². The third-order valence-electron chi connectivity index (χ3n) is 1.88. The number of ether oxygens (including phenoxy) is 1. The molecule has 5 nitrogen and oxygen atoms in total. The van der Waals surface area contributed by atoms with Crippen LogP contribution in [0.5, 0.6) is 0 Å². The second kappa shape index (κ2) is 5.95. The first-order valence-corrected chi connectivity index (χ1v) is 6.67. The maximum Gasteiger partial charge on any atom is 0.407 e. The van der Waals surface area contributed by atoms with Crippen LogP contribution >= 0.6 is 11.8 Å². The lowest BCUT2D eigenvalue weighted by Crippen LogP contribution is -2.34. The van der Waals surface area contributed by atoms with Gasteiger partial charge in [-0.05, 0) is 27.0 Å². The second-order valence-electron chi connectivity index (χ2n) is 4.54. The molecule has 1 N–H and O–H groups in total. The van der Waals surface area contributed by atoms with E-state index in [4.69, 9.17) is 4.74 Å². The number of rotatable bonds is 4. The van der Waals surface area contributed by atoms with Crippen molar-refractivity contribution in [2.75, 3.05) is 12.8 Å². The van der Waals surface area contributed by atoms with E-state index < -0.39 is 5.60 Å². The molecule has 0 aliphatic rings. The van der Waals surface area contributed by atoms with Gasteiger partial charge in [-0.2, -0.15) is 0 Å². The number of nitrogens with zero attached hydrogens (tertiary/aromatic N) is 2. The molecular formula is C11H19N3O2S. The van der Waals surface area contributed by atoms with Gasteiger partial charge in [0.1, 0.15) is 5.60 Å². The molecule has 1 rings (SSSR count). The van der Waals surface area contributed by atoms with Gasteiger partial charge in [-0.3, -0.25) is 0 Å². The molecule has 0 unspecified atom stereocenters. The molecule has 0 spiro atoms. The van der Waals surface area contributed by atoms with E-state index in [-0.39, 0.29) is 6.09 Å². The molecule has 0 aromatic carbocycles. The fourth-order valence-corrected chi connectivity index (χ4v) is 1.80. The summed E-state index contributed by atoms with van der Waals surface area (Å²) in [7, 11) is 0. The highest BCUT2D eigenvalue weighted by molar-refractivity contribution is 7.98. The molecule has 0 atom stereocenters. The van der Waals surface area contributed by atoms with Crippen LogP contribution in [0.1, 0.15) is 20.8 Å². The maximum absolute atomic E-state index is 11.4. The van der Waals surface area contributed by atoms with Crippen LogP contribution in [0.15, 0.2) is 17.6 Å². The normalized spacial score (nSPS) is 11.3. The van der Waals surface area contributed by atoms with E-state index in [0.29, 0.717) is 13.1 Å². The molecule has 1 amide bonds. The molecule has 0 aliphatic carbocycles. The van der Waals surface area contributed by atoms with Gasteiger partial charge in [-0.25, -0.2) is 9.78 Å². The number of hydrogen-bond acceptors (Lipinski definition) is 4. The van der Waals surface area contributed by atoms with E-state index in [0.717, 1.165) is 5.16 Å². The zero-order valence-electron chi connectivity index (χ0n) is 10.7. The van der Waals surface area contributed by atoms with E-state index in [1.807, 2.05) is 37.8 Å². The Morgan fingerprint density at radius 2 is 2.29 bits per heavy atom. The lowest BCUT2D eigenvalue weighted by atomic mass is 10.2. The highest BCUT2D eigenvalue weighted by Crippen LogP contribution is 2.10. The van der Waals surface area contributed by atoms with E-state index >= 15 is 0 Å². The molecule has 1 aromatic heterocycles. The Labute approximate surface area is 106 Å². The summed E-state index contributed by atoms with van der Waals surface area (Å²) in [4.78, 5) is 15.6. The summed E-state index contributed by atoms with van der Waals surface area (Å²) in [5.41, 5.74) is -0.455. The van der Waals surface area contributed by atoms with Gasteiger partial charge < -0.3 is 14.6 Å². The van der Waals surface area contributed by atoms with Gasteiger partial charge in [-0.1, -0.05) is 11.8 Å². The Kier molecular flexibility index (Phi) is 4.86. The first kappa shape index (κ1) is 13.9. The largest absolute Gasteiger partial charge is 0.444 e. The molecule has 0 bridgehead atoms. The van der Waals surface area contributed by atoms with Crippen LogP contribution in [0.25, 0.3) is 0 Å². The molecular weight excluding hydrogens is 238 g/mol. The number of carbonyl (C=O) groups excluding carboxylic acids is 1. The summed E-state index contributed by atoms with van der Waals surface area (Å²) in [5.74, 6) is 0. The highest BCUT2D eigenvalue weighted by Gasteiger charge is 2.15. The van der Waals surface area contributed by atoms with Crippen molar-refractivity contribution in [1.82, 2.24) is 14.9 Å². The van der Waals surface area contributed by atoms with Gasteiger partial charge in [0.05, 0.1) is 0 Å². The van der Waals surface area contributed by atoms with E-state index in [2.05, 4.69) is 10.3 Å². The zero-order valence-corrected chi connectivity index (χ0v) is 11.5. The van der Waals surface area contributed by atoms with Crippen LogP contribution in [-0.2, 0) is 11.3 Å². The van der Waals surface area contributed by atoms with Crippen LogP contribution in [-0.4, -0.2) is 34.0 Å². The van der Waals surface area contributed by atoms with Crippen LogP contribution in [0, 0.1) is 0 Å². The molecule has 96 valence electrons. The molecule has 1 heterocycles. The maximum atomic E-state index is 11.4. The lowest BCUT2D eigenvalue weighted by molar-refractivity contribution is 0.0526. The second-order valence-corrected chi connectivity index (χ2v) is 5.31. The van der Waals surface area contributed by atoms with Gasteiger partial charge >= 0.3 is 6.09 Å². The van der Waals surface area contributed by atoms with Gasteiger partial charge in [0.25, 0.3) is 0 Å². The van der Waals surface area contributed by atoms with Crippen molar-refractivity contribution in [3.8, 4) is 0 Å². The predicted molar refractivity (Wildman–Crippen MR) is 68.2 cm³/mol. The third-order valence-corrected chi connectivity index (χ3v) is 2.59. The number of nitrogens with one attached hydrogen (secondary N) is 1. The van der Waals surface area contributed by atoms with Crippen molar-refractivity contribution in [2.24, 2.45) is 0 Å². The van der Waals surface area contributed by atoms with Gasteiger partial charge in [0.15, 0.2) is 5.16 Å². The summed E-state index contributed by atoms with van der Waals surface area (Å²) in [6, 6.07) is 0. The standard InChI is InChI=1S/C11H19N3O2S/c1-11(2,3)16-10(15)13-6-8-14-7-5-12-9(14)17-4/h5,7H,6,8H2,1-4H3,(H,13,15). The average molecular weight is 257 g/mol. The van der Waals surface area contributed by atoms with Crippen molar-refractivity contribution < 1.29 is 9.53 Å². The Bertz CT molecular complexity index is 371. The van der Waals surface area contributed by atoms with Gasteiger partial charge in [0, 0.05) is 25.5 Å². The van der Waals surface area contributed by atoms with Crippen molar-refractivity contribution in [3.05, 3.63) is 12.4 Å². The number of carbonyl (C=O) groups is 1. The molecule has 0 aliphatic heterocycles.